The molecular formula is C13H14Cl2N2S. The van der Waals surface area contributed by atoms with Crippen LogP contribution in [0.3, 0.4) is 0 Å². The lowest BCUT2D eigenvalue weighted by Crippen LogP contribution is -2.20. The molecule has 2 aromatic rings. The maximum absolute atomic E-state index is 6.14. The van der Waals surface area contributed by atoms with E-state index in [1.54, 1.807) is 17.4 Å². The Morgan fingerprint density at radius 1 is 1.39 bits per heavy atom. The lowest BCUT2D eigenvalue weighted by atomic mass is 10.2. The summed E-state index contributed by atoms with van der Waals surface area (Å²) in [5.41, 5.74) is 1.05. The number of nitrogens with one attached hydrogen (secondary N) is 1. The average molecular weight is 301 g/mol. The van der Waals surface area contributed by atoms with E-state index >= 15 is 0 Å². The summed E-state index contributed by atoms with van der Waals surface area (Å²) in [4.78, 5) is 4.34. The van der Waals surface area contributed by atoms with Gasteiger partial charge in [-0.3, -0.25) is 0 Å². The van der Waals surface area contributed by atoms with Crippen LogP contribution in [-0.2, 0) is 6.54 Å². The molecule has 0 aliphatic heterocycles. The second kappa shape index (κ2) is 6.53. The van der Waals surface area contributed by atoms with Gasteiger partial charge in [0.2, 0.25) is 0 Å². The Kier molecular flexibility index (Phi) is 5.01. The fourth-order valence-corrected chi connectivity index (χ4v) is 2.98. The Morgan fingerprint density at radius 2 is 2.22 bits per heavy atom. The summed E-state index contributed by atoms with van der Waals surface area (Å²) in [5.74, 6) is 0. The van der Waals surface area contributed by atoms with E-state index in [9.17, 15) is 0 Å². The van der Waals surface area contributed by atoms with Crippen LogP contribution in [0, 0.1) is 0 Å². The largest absolute Gasteiger partial charge is 0.304 e. The van der Waals surface area contributed by atoms with Crippen molar-refractivity contribution in [3.05, 3.63) is 50.4 Å². The van der Waals surface area contributed by atoms with Crippen molar-refractivity contribution in [2.75, 3.05) is 0 Å². The monoisotopic (exact) mass is 300 g/mol. The van der Waals surface area contributed by atoms with Crippen molar-refractivity contribution in [2.24, 2.45) is 0 Å². The maximum atomic E-state index is 6.14. The second-order valence-corrected chi connectivity index (χ2v) is 5.72. The van der Waals surface area contributed by atoms with E-state index in [1.165, 1.54) is 0 Å². The Balaban J connectivity index is 2.02. The van der Waals surface area contributed by atoms with Gasteiger partial charge in [0.15, 0.2) is 0 Å². The third-order valence-corrected chi connectivity index (χ3v) is 4.19. The molecule has 0 saturated heterocycles. The molecule has 1 aromatic carbocycles. The number of hydrogen-bond donors (Lipinski definition) is 1. The molecule has 1 unspecified atom stereocenters. The molecule has 96 valence electrons. The summed E-state index contributed by atoms with van der Waals surface area (Å²) in [6, 6.07) is 5.85. The first-order valence-corrected chi connectivity index (χ1v) is 7.41. The van der Waals surface area contributed by atoms with Crippen molar-refractivity contribution >= 4 is 34.5 Å². The van der Waals surface area contributed by atoms with Gasteiger partial charge in [0.25, 0.3) is 0 Å². The van der Waals surface area contributed by atoms with Crippen molar-refractivity contribution in [1.29, 1.82) is 0 Å². The molecule has 0 aliphatic rings. The van der Waals surface area contributed by atoms with Gasteiger partial charge in [0.1, 0.15) is 5.01 Å². The minimum Gasteiger partial charge on any atom is -0.304 e. The van der Waals surface area contributed by atoms with Crippen molar-refractivity contribution < 1.29 is 0 Å². The standard InChI is InChI=1S/C13H14Cl2N2S/c1-2-12(13-16-5-6-18-13)17-8-9-3-4-10(14)7-11(9)15/h3-7,12,17H,2,8H2,1H3. The summed E-state index contributed by atoms with van der Waals surface area (Å²) in [7, 11) is 0. The number of benzene rings is 1. The molecule has 1 aromatic heterocycles. The fourth-order valence-electron chi connectivity index (χ4n) is 1.71. The number of thiazole rings is 1. The SMILES string of the molecule is CCC(NCc1ccc(Cl)cc1Cl)c1nccs1. The zero-order valence-electron chi connectivity index (χ0n) is 9.99. The van der Waals surface area contributed by atoms with E-state index in [-0.39, 0.29) is 6.04 Å². The molecule has 18 heavy (non-hydrogen) atoms. The Morgan fingerprint density at radius 3 is 2.83 bits per heavy atom. The number of nitrogens with zero attached hydrogens (tertiary/aromatic N) is 1. The van der Waals surface area contributed by atoms with Crippen molar-refractivity contribution in [1.82, 2.24) is 10.3 Å². The minimum absolute atomic E-state index is 0.275. The highest BCUT2D eigenvalue weighted by Crippen LogP contribution is 2.23. The predicted octanol–water partition coefficient (Wildman–Crippen LogP) is 4.69. The minimum atomic E-state index is 0.275. The molecule has 0 radical (unpaired) electrons. The Labute approximate surface area is 121 Å². The van der Waals surface area contributed by atoms with E-state index in [2.05, 4.69) is 17.2 Å². The third-order valence-electron chi connectivity index (χ3n) is 2.71. The zero-order chi connectivity index (χ0) is 13.0. The van der Waals surface area contributed by atoms with Crippen molar-refractivity contribution in [3.63, 3.8) is 0 Å². The van der Waals surface area contributed by atoms with Crippen LogP contribution in [-0.4, -0.2) is 4.98 Å². The molecule has 2 rings (SSSR count). The molecule has 1 atom stereocenters. The van der Waals surface area contributed by atoms with Crippen LogP contribution in [0.2, 0.25) is 10.0 Å². The van der Waals surface area contributed by atoms with E-state index in [4.69, 9.17) is 23.2 Å². The highest BCUT2D eigenvalue weighted by Gasteiger charge is 2.11. The first-order valence-electron chi connectivity index (χ1n) is 5.77. The van der Waals surface area contributed by atoms with Gasteiger partial charge < -0.3 is 5.32 Å². The van der Waals surface area contributed by atoms with Crippen LogP contribution in [0.1, 0.15) is 30.0 Å². The number of aromatic nitrogens is 1. The van der Waals surface area contributed by atoms with Gasteiger partial charge in [0, 0.05) is 28.2 Å². The Hall–Kier alpha value is -0.610. The third kappa shape index (κ3) is 3.45. The van der Waals surface area contributed by atoms with Crippen molar-refractivity contribution in [3.8, 4) is 0 Å². The van der Waals surface area contributed by atoms with E-state index < -0.39 is 0 Å². The van der Waals surface area contributed by atoms with Gasteiger partial charge in [-0.25, -0.2) is 4.98 Å². The van der Waals surface area contributed by atoms with E-state index in [0.717, 1.165) is 17.0 Å². The molecule has 0 fully saturated rings. The highest BCUT2D eigenvalue weighted by atomic mass is 35.5. The summed E-state index contributed by atoms with van der Waals surface area (Å²) >= 11 is 13.7. The lowest BCUT2D eigenvalue weighted by molar-refractivity contribution is 0.517. The highest BCUT2D eigenvalue weighted by molar-refractivity contribution is 7.09. The quantitative estimate of drug-likeness (QED) is 0.866. The molecule has 0 amide bonds. The molecule has 0 bridgehead atoms. The topological polar surface area (TPSA) is 24.9 Å². The van der Waals surface area contributed by atoms with E-state index in [0.29, 0.717) is 16.6 Å². The molecular weight excluding hydrogens is 287 g/mol. The summed E-state index contributed by atoms with van der Waals surface area (Å²) < 4.78 is 0. The van der Waals surface area contributed by atoms with Crippen LogP contribution in [0.4, 0.5) is 0 Å². The Bertz CT molecular complexity index is 500. The van der Waals surface area contributed by atoms with Gasteiger partial charge in [-0.15, -0.1) is 11.3 Å². The molecule has 2 nitrogen and oxygen atoms in total. The molecule has 0 aliphatic carbocycles. The van der Waals surface area contributed by atoms with Gasteiger partial charge >= 0.3 is 0 Å². The summed E-state index contributed by atoms with van der Waals surface area (Å²) in [6.45, 7) is 2.86. The zero-order valence-corrected chi connectivity index (χ0v) is 12.3. The van der Waals surface area contributed by atoms with Gasteiger partial charge in [-0.05, 0) is 24.1 Å². The first-order chi connectivity index (χ1) is 8.70. The first kappa shape index (κ1) is 13.8. The van der Waals surface area contributed by atoms with Crippen LogP contribution in [0.25, 0.3) is 0 Å². The maximum Gasteiger partial charge on any atom is 0.109 e. The molecule has 0 spiro atoms. The van der Waals surface area contributed by atoms with Crippen LogP contribution in [0.5, 0.6) is 0 Å². The van der Waals surface area contributed by atoms with Crippen molar-refractivity contribution in [2.45, 2.75) is 25.9 Å². The number of rotatable bonds is 5. The lowest BCUT2D eigenvalue weighted by Gasteiger charge is -2.15. The predicted molar refractivity (Wildman–Crippen MR) is 78.4 cm³/mol. The molecule has 1 N–H and O–H groups in total. The molecule has 5 heteroatoms. The van der Waals surface area contributed by atoms with Gasteiger partial charge in [-0.2, -0.15) is 0 Å². The number of hydrogen-bond acceptors (Lipinski definition) is 3. The van der Waals surface area contributed by atoms with Crippen LogP contribution >= 0.6 is 34.5 Å². The summed E-state index contributed by atoms with van der Waals surface area (Å²) in [5, 5.41) is 7.94. The summed E-state index contributed by atoms with van der Waals surface area (Å²) in [6.07, 6.45) is 2.83. The smallest absolute Gasteiger partial charge is 0.109 e. The van der Waals surface area contributed by atoms with Gasteiger partial charge in [-0.1, -0.05) is 36.2 Å². The molecule has 1 heterocycles. The average Bonchev–Trinajstić information content (AvgIpc) is 2.86. The van der Waals surface area contributed by atoms with Crippen LogP contribution in [0.15, 0.2) is 29.8 Å². The van der Waals surface area contributed by atoms with E-state index in [1.807, 2.05) is 23.7 Å². The van der Waals surface area contributed by atoms with Gasteiger partial charge in [0.05, 0.1) is 6.04 Å². The molecule has 0 saturated carbocycles. The fraction of sp³-hybridized carbons (Fsp3) is 0.308. The second-order valence-electron chi connectivity index (χ2n) is 3.95. The normalized spacial score (nSPS) is 12.6. The number of halogens is 2. The van der Waals surface area contributed by atoms with Crippen LogP contribution < -0.4 is 5.32 Å².